The molecule has 0 saturated heterocycles. The lowest BCUT2D eigenvalue weighted by atomic mass is 9.77. The second kappa shape index (κ2) is 8.61. The summed E-state index contributed by atoms with van der Waals surface area (Å²) in [6.07, 6.45) is 7.78. The largest absolute Gasteiger partial charge is 0.338 e. The number of halogens is 1. The summed E-state index contributed by atoms with van der Waals surface area (Å²) in [4.78, 5) is 12.5. The van der Waals surface area contributed by atoms with Gasteiger partial charge in [-0.05, 0) is 73.6 Å². The number of hydrogen-bond acceptors (Lipinski definition) is 2. The van der Waals surface area contributed by atoms with Gasteiger partial charge in [0.05, 0.1) is 23.1 Å². The lowest BCUT2D eigenvalue weighted by Gasteiger charge is -2.30. The lowest BCUT2D eigenvalue weighted by Crippen LogP contribution is -2.47. The molecule has 1 aliphatic rings. The molecule has 1 atom stereocenters. The van der Waals surface area contributed by atoms with Crippen molar-refractivity contribution < 1.29 is 9.18 Å². The summed E-state index contributed by atoms with van der Waals surface area (Å²) in [6.45, 7) is 6.74. The summed E-state index contributed by atoms with van der Waals surface area (Å²) in [5.74, 6) is -0.262. The Labute approximate surface area is 188 Å². The summed E-state index contributed by atoms with van der Waals surface area (Å²) in [7, 11) is 0. The van der Waals surface area contributed by atoms with Gasteiger partial charge in [-0.1, -0.05) is 43.3 Å². The van der Waals surface area contributed by atoms with Crippen LogP contribution in [0.3, 0.4) is 0 Å². The second-order valence-corrected chi connectivity index (χ2v) is 9.23. The molecule has 2 amide bonds. The Hall–Kier alpha value is -3.41. The van der Waals surface area contributed by atoms with Crippen molar-refractivity contribution in [3.63, 3.8) is 0 Å². The van der Waals surface area contributed by atoms with E-state index in [-0.39, 0.29) is 17.3 Å². The Bertz CT molecular complexity index is 1120. The van der Waals surface area contributed by atoms with Crippen LogP contribution >= 0.6 is 0 Å². The molecule has 0 aliphatic heterocycles. The molecule has 5 nitrogen and oxygen atoms in total. The van der Waals surface area contributed by atoms with Crippen molar-refractivity contribution in [1.82, 2.24) is 20.4 Å². The summed E-state index contributed by atoms with van der Waals surface area (Å²) in [5, 5.41) is 10.6. The van der Waals surface area contributed by atoms with Gasteiger partial charge in [-0.15, -0.1) is 0 Å². The topological polar surface area (TPSA) is 59.0 Å². The van der Waals surface area contributed by atoms with Crippen molar-refractivity contribution in [1.29, 1.82) is 0 Å². The summed E-state index contributed by atoms with van der Waals surface area (Å²) < 4.78 is 15.1. The first-order valence-corrected chi connectivity index (χ1v) is 10.9. The molecule has 0 fully saturated rings. The zero-order chi connectivity index (χ0) is 22.8. The molecule has 2 N–H and O–H groups in total. The SMILES string of the molecule is CC(C)(NC(=O)NCC[C@]1(C)C=Cc2c(cnn2-c2ccc(F)cc2)C1)c1ccccc1. The predicted octanol–water partition coefficient (Wildman–Crippen LogP) is 5.21. The van der Waals surface area contributed by atoms with Crippen LogP contribution in [0.15, 0.2) is 66.9 Å². The van der Waals surface area contributed by atoms with E-state index in [1.807, 2.05) is 55.1 Å². The standard InChI is InChI=1S/C26H29FN4O/c1-25(2,20-7-5-4-6-8-20)30-24(32)28-16-15-26(3)14-13-23-19(17-26)18-29-31(23)22-11-9-21(27)10-12-22/h4-14,18H,15-17H2,1-3H3,(H2,28,30,32)/t26-/m0/s1. The van der Waals surface area contributed by atoms with Gasteiger partial charge in [0.1, 0.15) is 5.82 Å². The highest BCUT2D eigenvalue weighted by atomic mass is 19.1. The number of nitrogens with one attached hydrogen (secondary N) is 2. The third-order valence-corrected chi connectivity index (χ3v) is 6.10. The molecule has 3 aromatic rings. The Morgan fingerprint density at radius 2 is 1.88 bits per heavy atom. The van der Waals surface area contributed by atoms with Crippen molar-refractivity contribution in [3.05, 3.63) is 89.5 Å². The molecule has 0 unspecified atom stereocenters. The third-order valence-electron chi connectivity index (χ3n) is 6.10. The van der Waals surface area contributed by atoms with Crippen molar-refractivity contribution in [2.45, 2.75) is 39.2 Å². The molecule has 0 bridgehead atoms. The highest BCUT2D eigenvalue weighted by molar-refractivity contribution is 5.75. The van der Waals surface area contributed by atoms with Gasteiger partial charge in [0.25, 0.3) is 0 Å². The van der Waals surface area contributed by atoms with Gasteiger partial charge in [0, 0.05) is 6.54 Å². The van der Waals surface area contributed by atoms with E-state index in [1.165, 1.54) is 12.1 Å². The van der Waals surface area contributed by atoms with Crippen LogP contribution in [0.2, 0.25) is 0 Å². The fraction of sp³-hybridized carbons (Fsp3) is 0.308. The number of urea groups is 1. The number of aromatic nitrogens is 2. The number of allylic oxidation sites excluding steroid dienone is 1. The smallest absolute Gasteiger partial charge is 0.315 e. The minimum atomic E-state index is -0.455. The van der Waals surface area contributed by atoms with Crippen LogP contribution in [0.5, 0.6) is 0 Å². The molecular weight excluding hydrogens is 403 g/mol. The predicted molar refractivity (Wildman–Crippen MR) is 125 cm³/mol. The maximum Gasteiger partial charge on any atom is 0.315 e. The number of carbonyl (C=O) groups is 1. The Kier molecular flexibility index (Phi) is 5.87. The molecule has 1 aromatic heterocycles. The highest BCUT2D eigenvalue weighted by Gasteiger charge is 2.29. The monoisotopic (exact) mass is 432 g/mol. The Morgan fingerprint density at radius 3 is 2.59 bits per heavy atom. The fourth-order valence-corrected chi connectivity index (χ4v) is 4.16. The van der Waals surface area contributed by atoms with Crippen molar-refractivity contribution >= 4 is 12.1 Å². The van der Waals surface area contributed by atoms with Crippen LogP contribution in [-0.4, -0.2) is 22.4 Å². The molecule has 4 rings (SSSR count). The minimum absolute atomic E-state index is 0.0775. The van der Waals surface area contributed by atoms with Gasteiger partial charge < -0.3 is 10.6 Å². The maximum atomic E-state index is 13.2. The molecule has 6 heteroatoms. The number of carbonyl (C=O) groups excluding carboxylic acids is 1. The number of nitrogens with zero attached hydrogens (tertiary/aromatic N) is 2. The molecule has 1 aliphatic carbocycles. The number of hydrogen-bond donors (Lipinski definition) is 2. The lowest BCUT2D eigenvalue weighted by molar-refractivity contribution is 0.228. The van der Waals surface area contributed by atoms with E-state index in [0.717, 1.165) is 35.3 Å². The van der Waals surface area contributed by atoms with Gasteiger partial charge >= 0.3 is 6.03 Å². The van der Waals surface area contributed by atoms with E-state index in [0.29, 0.717) is 6.54 Å². The Morgan fingerprint density at radius 1 is 1.16 bits per heavy atom. The zero-order valence-electron chi connectivity index (χ0n) is 18.7. The van der Waals surface area contributed by atoms with Gasteiger partial charge in [-0.3, -0.25) is 0 Å². The molecular formula is C26H29FN4O. The second-order valence-electron chi connectivity index (χ2n) is 9.23. The maximum absolute atomic E-state index is 13.2. The summed E-state index contributed by atoms with van der Waals surface area (Å²) >= 11 is 0. The van der Waals surface area contributed by atoms with E-state index >= 15 is 0 Å². The van der Waals surface area contributed by atoms with E-state index in [2.05, 4.69) is 34.8 Å². The first-order valence-electron chi connectivity index (χ1n) is 10.9. The molecule has 0 radical (unpaired) electrons. The van der Waals surface area contributed by atoms with Crippen LogP contribution in [0, 0.1) is 11.2 Å². The molecule has 166 valence electrons. The van der Waals surface area contributed by atoms with Crippen molar-refractivity contribution in [2.75, 3.05) is 6.54 Å². The minimum Gasteiger partial charge on any atom is -0.338 e. The number of benzene rings is 2. The van der Waals surface area contributed by atoms with Gasteiger partial charge in [0.2, 0.25) is 0 Å². The van der Waals surface area contributed by atoms with Crippen molar-refractivity contribution in [2.24, 2.45) is 5.41 Å². The molecule has 1 heterocycles. The van der Waals surface area contributed by atoms with Crippen molar-refractivity contribution in [3.8, 4) is 5.69 Å². The summed E-state index contributed by atoms with van der Waals surface area (Å²) in [5.41, 5.74) is 3.53. The Balaban J connectivity index is 1.34. The molecule has 32 heavy (non-hydrogen) atoms. The average Bonchev–Trinajstić information content (AvgIpc) is 3.17. The van der Waals surface area contributed by atoms with Crippen LogP contribution < -0.4 is 10.6 Å². The molecule has 2 aromatic carbocycles. The van der Waals surface area contributed by atoms with Gasteiger partial charge in [-0.25, -0.2) is 13.9 Å². The van der Waals surface area contributed by atoms with E-state index < -0.39 is 5.54 Å². The van der Waals surface area contributed by atoms with Crippen LogP contribution in [0.4, 0.5) is 9.18 Å². The quantitative estimate of drug-likeness (QED) is 0.562. The highest BCUT2D eigenvalue weighted by Crippen LogP contribution is 2.35. The first-order chi connectivity index (χ1) is 15.3. The molecule has 0 saturated carbocycles. The zero-order valence-corrected chi connectivity index (χ0v) is 18.7. The molecule has 0 spiro atoms. The number of fused-ring (bicyclic) bond motifs is 1. The first kappa shape index (κ1) is 21.8. The van der Waals surface area contributed by atoms with Crippen LogP contribution in [0.1, 0.15) is 44.0 Å². The van der Waals surface area contributed by atoms with Crippen LogP contribution in [0.25, 0.3) is 11.8 Å². The van der Waals surface area contributed by atoms with E-state index in [9.17, 15) is 9.18 Å². The van der Waals surface area contributed by atoms with Crippen LogP contribution in [-0.2, 0) is 12.0 Å². The van der Waals surface area contributed by atoms with Gasteiger partial charge in [-0.2, -0.15) is 5.10 Å². The number of amides is 2. The van der Waals surface area contributed by atoms with E-state index in [4.69, 9.17) is 0 Å². The normalized spacial score (nSPS) is 17.6. The van der Waals surface area contributed by atoms with E-state index in [1.54, 1.807) is 12.1 Å². The third kappa shape index (κ3) is 4.74. The average molecular weight is 433 g/mol. The van der Waals surface area contributed by atoms with Gasteiger partial charge in [0.15, 0.2) is 0 Å². The fourth-order valence-electron chi connectivity index (χ4n) is 4.16. The number of rotatable bonds is 6. The summed E-state index contributed by atoms with van der Waals surface area (Å²) in [6, 6.07) is 16.1.